The first-order valence-electron chi connectivity index (χ1n) is 5.92. The Labute approximate surface area is 105 Å². The molecule has 6 nitrogen and oxygen atoms in total. The number of carbonyl (C=O) groups is 3. The van der Waals surface area contributed by atoms with Gasteiger partial charge in [-0.2, -0.15) is 0 Å². The second kappa shape index (κ2) is 6.78. The maximum absolute atomic E-state index is 11.8. The van der Waals surface area contributed by atoms with Crippen molar-refractivity contribution in [3.8, 4) is 0 Å². The van der Waals surface area contributed by atoms with Gasteiger partial charge in [0, 0.05) is 20.0 Å². The lowest BCUT2D eigenvalue weighted by atomic mass is 9.82. The van der Waals surface area contributed by atoms with Crippen molar-refractivity contribution in [2.24, 2.45) is 11.8 Å². The van der Waals surface area contributed by atoms with Crippen LogP contribution in [0.15, 0.2) is 12.2 Å². The van der Waals surface area contributed by atoms with E-state index in [4.69, 9.17) is 5.11 Å². The normalized spacial score (nSPS) is 22.3. The van der Waals surface area contributed by atoms with E-state index in [1.54, 1.807) is 6.08 Å². The van der Waals surface area contributed by atoms with Crippen LogP contribution in [-0.2, 0) is 14.4 Å². The van der Waals surface area contributed by atoms with E-state index in [9.17, 15) is 14.4 Å². The highest BCUT2D eigenvalue weighted by Crippen LogP contribution is 2.25. The summed E-state index contributed by atoms with van der Waals surface area (Å²) < 4.78 is 0. The molecule has 0 aliphatic heterocycles. The van der Waals surface area contributed by atoms with E-state index >= 15 is 0 Å². The average Bonchev–Trinajstić information content (AvgIpc) is 2.34. The maximum Gasteiger partial charge on any atom is 0.307 e. The Balaban J connectivity index is 2.42. The standard InChI is InChI=1S/C12H18N2O4/c1-8(15)13-6-7-14-11(16)9-4-2-3-5-10(9)12(17)18/h2-3,9-10H,4-7H2,1H3,(H,13,15)(H,14,16)(H,17,18)/t9-,10+/m1/s1. The Morgan fingerprint density at radius 1 is 1.11 bits per heavy atom. The van der Waals surface area contributed by atoms with Crippen LogP contribution in [0.2, 0.25) is 0 Å². The first kappa shape index (κ1) is 14.2. The first-order chi connectivity index (χ1) is 8.52. The minimum Gasteiger partial charge on any atom is -0.481 e. The third-order valence-corrected chi connectivity index (χ3v) is 2.88. The number of hydrogen-bond acceptors (Lipinski definition) is 3. The molecule has 1 aliphatic rings. The zero-order valence-electron chi connectivity index (χ0n) is 10.3. The molecular weight excluding hydrogens is 236 g/mol. The molecule has 0 heterocycles. The fourth-order valence-corrected chi connectivity index (χ4v) is 1.93. The molecule has 1 rings (SSSR count). The zero-order valence-corrected chi connectivity index (χ0v) is 10.3. The van der Waals surface area contributed by atoms with Crippen LogP contribution in [0, 0.1) is 11.8 Å². The van der Waals surface area contributed by atoms with E-state index in [1.165, 1.54) is 6.92 Å². The van der Waals surface area contributed by atoms with Gasteiger partial charge in [0.15, 0.2) is 0 Å². The van der Waals surface area contributed by atoms with Crippen molar-refractivity contribution in [1.29, 1.82) is 0 Å². The van der Waals surface area contributed by atoms with Crippen molar-refractivity contribution in [3.05, 3.63) is 12.2 Å². The number of allylic oxidation sites excluding steroid dienone is 2. The van der Waals surface area contributed by atoms with E-state index in [1.807, 2.05) is 6.08 Å². The van der Waals surface area contributed by atoms with Gasteiger partial charge in [0.25, 0.3) is 0 Å². The summed E-state index contributed by atoms with van der Waals surface area (Å²) in [6.07, 6.45) is 4.46. The van der Waals surface area contributed by atoms with Gasteiger partial charge in [0.05, 0.1) is 11.8 Å². The lowest BCUT2D eigenvalue weighted by Crippen LogP contribution is -2.41. The molecule has 0 radical (unpaired) electrons. The third-order valence-electron chi connectivity index (χ3n) is 2.88. The number of carboxylic acid groups (broad SMARTS) is 1. The lowest BCUT2D eigenvalue weighted by molar-refractivity contribution is -0.147. The van der Waals surface area contributed by atoms with E-state index in [-0.39, 0.29) is 11.8 Å². The number of nitrogens with one attached hydrogen (secondary N) is 2. The van der Waals surface area contributed by atoms with Crippen LogP contribution < -0.4 is 10.6 Å². The molecule has 0 aromatic carbocycles. The predicted molar refractivity (Wildman–Crippen MR) is 64.7 cm³/mol. The van der Waals surface area contributed by atoms with Crippen LogP contribution in [-0.4, -0.2) is 36.0 Å². The van der Waals surface area contributed by atoms with Gasteiger partial charge in [-0.25, -0.2) is 0 Å². The minimum atomic E-state index is -0.943. The quantitative estimate of drug-likeness (QED) is 0.472. The molecule has 1 aliphatic carbocycles. The van der Waals surface area contributed by atoms with Gasteiger partial charge in [-0.15, -0.1) is 0 Å². The number of hydrogen-bond donors (Lipinski definition) is 3. The average molecular weight is 254 g/mol. The number of amides is 2. The molecule has 0 saturated carbocycles. The summed E-state index contributed by atoms with van der Waals surface area (Å²) in [5.41, 5.74) is 0. The lowest BCUT2D eigenvalue weighted by Gasteiger charge is -2.24. The molecule has 0 bridgehead atoms. The summed E-state index contributed by atoms with van der Waals surface area (Å²) in [7, 11) is 0. The van der Waals surface area contributed by atoms with Crippen LogP contribution in [0.5, 0.6) is 0 Å². The van der Waals surface area contributed by atoms with E-state index in [0.29, 0.717) is 25.9 Å². The Kier molecular flexibility index (Phi) is 5.35. The molecule has 2 amide bonds. The van der Waals surface area contributed by atoms with Crippen molar-refractivity contribution in [2.75, 3.05) is 13.1 Å². The molecule has 18 heavy (non-hydrogen) atoms. The fourth-order valence-electron chi connectivity index (χ4n) is 1.93. The van der Waals surface area contributed by atoms with Gasteiger partial charge in [-0.1, -0.05) is 12.2 Å². The van der Waals surface area contributed by atoms with Gasteiger partial charge >= 0.3 is 5.97 Å². The van der Waals surface area contributed by atoms with Crippen LogP contribution >= 0.6 is 0 Å². The van der Waals surface area contributed by atoms with Crippen LogP contribution in [0.4, 0.5) is 0 Å². The second-order valence-corrected chi connectivity index (χ2v) is 4.27. The minimum absolute atomic E-state index is 0.159. The smallest absolute Gasteiger partial charge is 0.307 e. The van der Waals surface area contributed by atoms with Crippen molar-refractivity contribution in [3.63, 3.8) is 0 Å². The van der Waals surface area contributed by atoms with Crippen molar-refractivity contribution in [2.45, 2.75) is 19.8 Å². The Morgan fingerprint density at radius 2 is 1.67 bits per heavy atom. The predicted octanol–water partition coefficient (Wildman–Crippen LogP) is -0.0943. The highest BCUT2D eigenvalue weighted by Gasteiger charge is 2.33. The van der Waals surface area contributed by atoms with Crippen LogP contribution in [0.1, 0.15) is 19.8 Å². The van der Waals surface area contributed by atoms with E-state index in [2.05, 4.69) is 10.6 Å². The summed E-state index contributed by atoms with van der Waals surface area (Å²) in [5.74, 6) is -2.55. The molecule has 0 spiro atoms. The molecule has 100 valence electrons. The highest BCUT2D eigenvalue weighted by molar-refractivity contribution is 5.85. The van der Waals surface area contributed by atoms with E-state index in [0.717, 1.165) is 0 Å². The Bertz CT molecular complexity index is 365. The summed E-state index contributed by atoms with van der Waals surface area (Å²) >= 11 is 0. The number of carboxylic acids is 1. The van der Waals surface area contributed by atoms with Crippen molar-refractivity contribution in [1.82, 2.24) is 10.6 Å². The molecule has 0 fully saturated rings. The van der Waals surface area contributed by atoms with Gasteiger partial charge in [-0.05, 0) is 12.8 Å². The van der Waals surface area contributed by atoms with Gasteiger partial charge in [0.2, 0.25) is 11.8 Å². The van der Waals surface area contributed by atoms with Gasteiger partial charge < -0.3 is 15.7 Å². The van der Waals surface area contributed by atoms with Gasteiger partial charge in [0.1, 0.15) is 0 Å². The van der Waals surface area contributed by atoms with E-state index < -0.39 is 17.8 Å². The Morgan fingerprint density at radius 3 is 2.22 bits per heavy atom. The van der Waals surface area contributed by atoms with Gasteiger partial charge in [-0.3, -0.25) is 14.4 Å². The molecule has 6 heteroatoms. The monoisotopic (exact) mass is 254 g/mol. The molecule has 0 aromatic rings. The van der Waals surface area contributed by atoms with Crippen LogP contribution in [0.25, 0.3) is 0 Å². The molecule has 0 unspecified atom stereocenters. The molecule has 2 atom stereocenters. The molecule has 0 aromatic heterocycles. The summed E-state index contributed by atoms with van der Waals surface area (Å²) in [6, 6.07) is 0. The van der Waals surface area contributed by atoms with Crippen molar-refractivity contribution < 1.29 is 19.5 Å². The third kappa shape index (κ3) is 4.20. The first-order valence-corrected chi connectivity index (χ1v) is 5.92. The zero-order chi connectivity index (χ0) is 13.5. The largest absolute Gasteiger partial charge is 0.481 e. The fraction of sp³-hybridized carbons (Fsp3) is 0.583. The number of carbonyl (C=O) groups excluding carboxylic acids is 2. The second-order valence-electron chi connectivity index (χ2n) is 4.27. The highest BCUT2D eigenvalue weighted by atomic mass is 16.4. The SMILES string of the molecule is CC(=O)NCCNC(=O)[C@@H]1CC=CC[C@@H]1C(=O)O. The summed E-state index contributed by atoms with van der Waals surface area (Å²) in [5, 5.41) is 14.2. The topological polar surface area (TPSA) is 95.5 Å². The summed E-state index contributed by atoms with van der Waals surface area (Å²) in [4.78, 5) is 33.5. The Hall–Kier alpha value is -1.85. The van der Waals surface area contributed by atoms with Crippen molar-refractivity contribution >= 4 is 17.8 Å². The molecule has 3 N–H and O–H groups in total. The summed E-state index contributed by atoms with van der Waals surface area (Å²) in [6.45, 7) is 2.06. The molecule has 0 saturated heterocycles. The maximum atomic E-state index is 11.8. The number of aliphatic carboxylic acids is 1. The molecular formula is C12H18N2O4. The number of rotatable bonds is 5. The van der Waals surface area contributed by atoms with Crippen LogP contribution in [0.3, 0.4) is 0 Å².